The van der Waals surface area contributed by atoms with E-state index in [9.17, 15) is 0 Å². The SMILES string of the molecule is COc1ncc(-c2cccs2)[nH]1. The minimum Gasteiger partial charge on any atom is -0.468 e. The van der Waals surface area contributed by atoms with Crippen molar-refractivity contribution in [3.8, 4) is 16.6 Å². The van der Waals surface area contributed by atoms with E-state index < -0.39 is 0 Å². The smallest absolute Gasteiger partial charge is 0.293 e. The summed E-state index contributed by atoms with van der Waals surface area (Å²) < 4.78 is 4.93. The summed E-state index contributed by atoms with van der Waals surface area (Å²) in [7, 11) is 1.59. The number of hydrogen-bond acceptors (Lipinski definition) is 3. The van der Waals surface area contributed by atoms with Crippen molar-refractivity contribution in [3.05, 3.63) is 23.7 Å². The Labute approximate surface area is 74.0 Å². The third-order valence-electron chi connectivity index (χ3n) is 1.53. The number of methoxy groups -OCH3 is 1. The van der Waals surface area contributed by atoms with E-state index in [1.165, 1.54) is 4.88 Å². The molecule has 0 fully saturated rings. The lowest BCUT2D eigenvalue weighted by Crippen LogP contribution is -1.82. The highest BCUT2D eigenvalue weighted by Gasteiger charge is 2.02. The normalized spacial score (nSPS) is 10.1. The maximum absolute atomic E-state index is 4.93. The molecule has 0 radical (unpaired) electrons. The first-order valence-corrected chi connectivity index (χ1v) is 4.41. The summed E-state index contributed by atoms with van der Waals surface area (Å²) in [5.74, 6) is 0. The van der Waals surface area contributed by atoms with Gasteiger partial charge in [-0.1, -0.05) is 6.07 Å². The number of aromatic amines is 1. The number of ether oxygens (including phenoxy) is 1. The molecule has 2 heterocycles. The summed E-state index contributed by atoms with van der Waals surface area (Å²) in [6, 6.07) is 4.60. The zero-order chi connectivity index (χ0) is 8.39. The second-order valence-corrected chi connectivity index (χ2v) is 3.23. The minimum absolute atomic E-state index is 0.554. The fourth-order valence-corrected chi connectivity index (χ4v) is 1.66. The quantitative estimate of drug-likeness (QED) is 0.768. The van der Waals surface area contributed by atoms with Gasteiger partial charge in [0.05, 0.1) is 23.9 Å². The Morgan fingerprint density at radius 3 is 3.08 bits per heavy atom. The molecule has 3 nitrogen and oxygen atoms in total. The van der Waals surface area contributed by atoms with Crippen molar-refractivity contribution >= 4 is 11.3 Å². The lowest BCUT2D eigenvalue weighted by molar-refractivity contribution is 0.384. The van der Waals surface area contributed by atoms with Crippen molar-refractivity contribution in [2.75, 3.05) is 7.11 Å². The molecule has 0 aliphatic rings. The molecule has 0 saturated heterocycles. The van der Waals surface area contributed by atoms with Crippen LogP contribution in [0.25, 0.3) is 10.6 Å². The maximum Gasteiger partial charge on any atom is 0.293 e. The van der Waals surface area contributed by atoms with Gasteiger partial charge in [-0.05, 0) is 11.4 Å². The molecule has 62 valence electrons. The highest BCUT2D eigenvalue weighted by Crippen LogP contribution is 2.23. The van der Waals surface area contributed by atoms with Crippen LogP contribution in [0.2, 0.25) is 0 Å². The number of nitrogens with zero attached hydrogens (tertiary/aromatic N) is 1. The largest absolute Gasteiger partial charge is 0.468 e. The molecule has 0 aliphatic carbocycles. The summed E-state index contributed by atoms with van der Waals surface area (Å²) in [6.45, 7) is 0. The number of thiophene rings is 1. The molecule has 12 heavy (non-hydrogen) atoms. The number of imidazole rings is 1. The Morgan fingerprint density at radius 2 is 2.50 bits per heavy atom. The van der Waals surface area contributed by atoms with Gasteiger partial charge in [-0.25, -0.2) is 4.98 Å². The van der Waals surface area contributed by atoms with Crippen LogP contribution in [0.3, 0.4) is 0 Å². The standard InChI is InChI=1S/C8H8N2OS/c1-11-8-9-5-6(10-8)7-3-2-4-12-7/h2-5H,1H3,(H,9,10). The highest BCUT2D eigenvalue weighted by atomic mass is 32.1. The van der Waals surface area contributed by atoms with Gasteiger partial charge >= 0.3 is 0 Å². The van der Waals surface area contributed by atoms with Crippen LogP contribution in [-0.2, 0) is 0 Å². The van der Waals surface area contributed by atoms with E-state index in [2.05, 4.69) is 9.97 Å². The number of aromatic nitrogens is 2. The van der Waals surface area contributed by atoms with Crippen LogP contribution in [0.1, 0.15) is 0 Å². The Balaban J connectivity index is 2.35. The fourth-order valence-electron chi connectivity index (χ4n) is 0.964. The van der Waals surface area contributed by atoms with E-state index in [1.807, 2.05) is 17.5 Å². The van der Waals surface area contributed by atoms with Gasteiger partial charge < -0.3 is 9.72 Å². The number of nitrogens with one attached hydrogen (secondary N) is 1. The maximum atomic E-state index is 4.93. The van der Waals surface area contributed by atoms with Gasteiger partial charge in [-0.15, -0.1) is 11.3 Å². The molecule has 2 aromatic rings. The lowest BCUT2D eigenvalue weighted by atomic mass is 10.4. The molecule has 2 aromatic heterocycles. The zero-order valence-corrected chi connectivity index (χ0v) is 7.39. The average Bonchev–Trinajstić information content (AvgIpc) is 2.75. The van der Waals surface area contributed by atoms with Crippen molar-refractivity contribution in [3.63, 3.8) is 0 Å². The predicted molar refractivity (Wildman–Crippen MR) is 48.5 cm³/mol. The molecule has 0 atom stereocenters. The molecule has 0 unspecified atom stereocenters. The fraction of sp³-hybridized carbons (Fsp3) is 0.125. The van der Waals surface area contributed by atoms with Gasteiger partial charge in [-0.2, -0.15) is 0 Å². The van der Waals surface area contributed by atoms with E-state index in [-0.39, 0.29) is 0 Å². The minimum atomic E-state index is 0.554. The van der Waals surface area contributed by atoms with Crippen LogP contribution in [0.15, 0.2) is 23.7 Å². The first kappa shape index (κ1) is 7.36. The van der Waals surface area contributed by atoms with Crippen molar-refractivity contribution < 1.29 is 4.74 Å². The van der Waals surface area contributed by atoms with Gasteiger partial charge in [0.1, 0.15) is 0 Å². The summed E-state index contributed by atoms with van der Waals surface area (Å²) in [4.78, 5) is 8.23. The van der Waals surface area contributed by atoms with Gasteiger partial charge in [-0.3, -0.25) is 0 Å². The third kappa shape index (κ3) is 1.21. The Kier molecular flexibility index (Phi) is 1.83. The molecule has 0 amide bonds. The topological polar surface area (TPSA) is 37.9 Å². The van der Waals surface area contributed by atoms with Gasteiger partial charge in [0.2, 0.25) is 0 Å². The second-order valence-electron chi connectivity index (χ2n) is 2.28. The van der Waals surface area contributed by atoms with Crippen LogP contribution in [-0.4, -0.2) is 17.1 Å². The molecule has 0 spiro atoms. The third-order valence-corrected chi connectivity index (χ3v) is 2.44. The molecular formula is C8H8N2OS. The van der Waals surface area contributed by atoms with Crippen LogP contribution in [0.4, 0.5) is 0 Å². The van der Waals surface area contributed by atoms with Crippen molar-refractivity contribution in [1.82, 2.24) is 9.97 Å². The molecular weight excluding hydrogens is 172 g/mol. The molecule has 1 N–H and O–H groups in total. The summed E-state index contributed by atoms with van der Waals surface area (Å²) in [6.07, 6.45) is 1.77. The second kappa shape index (κ2) is 2.98. The first-order valence-electron chi connectivity index (χ1n) is 3.53. The Morgan fingerprint density at radius 1 is 1.58 bits per heavy atom. The lowest BCUT2D eigenvalue weighted by Gasteiger charge is -1.90. The summed E-state index contributed by atoms with van der Waals surface area (Å²) in [5, 5.41) is 2.03. The molecule has 4 heteroatoms. The van der Waals surface area contributed by atoms with Crippen LogP contribution >= 0.6 is 11.3 Å². The van der Waals surface area contributed by atoms with E-state index in [1.54, 1.807) is 24.6 Å². The van der Waals surface area contributed by atoms with Crippen molar-refractivity contribution in [2.24, 2.45) is 0 Å². The van der Waals surface area contributed by atoms with Crippen LogP contribution in [0, 0.1) is 0 Å². The van der Waals surface area contributed by atoms with Gasteiger partial charge in [0, 0.05) is 0 Å². The molecule has 0 bridgehead atoms. The molecule has 0 aromatic carbocycles. The van der Waals surface area contributed by atoms with Gasteiger partial charge in [0.15, 0.2) is 0 Å². The monoisotopic (exact) mass is 180 g/mol. The van der Waals surface area contributed by atoms with Crippen LogP contribution < -0.4 is 4.74 Å². The highest BCUT2D eigenvalue weighted by molar-refractivity contribution is 7.13. The Hall–Kier alpha value is -1.29. The number of H-pyrrole nitrogens is 1. The zero-order valence-electron chi connectivity index (χ0n) is 6.57. The van der Waals surface area contributed by atoms with Gasteiger partial charge in [0.25, 0.3) is 6.01 Å². The van der Waals surface area contributed by atoms with E-state index in [0.717, 1.165) is 5.69 Å². The van der Waals surface area contributed by atoms with E-state index in [0.29, 0.717) is 6.01 Å². The molecule has 0 saturated carbocycles. The van der Waals surface area contributed by atoms with Crippen molar-refractivity contribution in [1.29, 1.82) is 0 Å². The first-order chi connectivity index (χ1) is 5.90. The average molecular weight is 180 g/mol. The Bertz CT molecular complexity index is 353. The predicted octanol–water partition coefficient (Wildman–Crippen LogP) is 2.15. The summed E-state index contributed by atoms with van der Waals surface area (Å²) >= 11 is 1.67. The van der Waals surface area contributed by atoms with Crippen molar-refractivity contribution in [2.45, 2.75) is 0 Å². The molecule has 0 aliphatic heterocycles. The molecule has 2 rings (SSSR count). The van der Waals surface area contributed by atoms with Crippen LogP contribution in [0.5, 0.6) is 6.01 Å². The van der Waals surface area contributed by atoms with E-state index >= 15 is 0 Å². The number of hydrogen-bond donors (Lipinski definition) is 1. The van der Waals surface area contributed by atoms with E-state index in [4.69, 9.17) is 4.74 Å². The number of rotatable bonds is 2. The summed E-state index contributed by atoms with van der Waals surface area (Å²) in [5.41, 5.74) is 1.00.